The summed E-state index contributed by atoms with van der Waals surface area (Å²) < 4.78 is 0. The SMILES string of the molecule is CC1(C)c2cc(-c3cccc(-c4cccnc4)c3)ccc2-c2ccc(-c3cccc(-c4cccnc4)c3)cc21. The highest BCUT2D eigenvalue weighted by Gasteiger charge is 2.35. The van der Waals surface area contributed by atoms with E-state index in [0.29, 0.717) is 0 Å². The van der Waals surface area contributed by atoms with Gasteiger partial charge in [0.25, 0.3) is 0 Å². The van der Waals surface area contributed by atoms with E-state index in [2.05, 4.69) is 121 Å². The second-order valence-electron chi connectivity index (χ2n) is 10.8. The third-order valence-corrected chi connectivity index (χ3v) is 8.06. The molecule has 39 heavy (non-hydrogen) atoms. The number of benzene rings is 4. The van der Waals surface area contributed by atoms with Crippen molar-refractivity contribution in [2.75, 3.05) is 0 Å². The van der Waals surface area contributed by atoms with Gasteiger partial charge in [0.1, 0.15) is 0 Å². The summed E-state index contributed by atoms with van der Waals surface area (Å²) in [5, 5.41) is 0. The first-order valence-corrected chi connectivity index (χ1v) is 13.4. The van der Waals surface area contributed by atoms with Gasteiger partial charge in [-0.15, -0.1) is 0 Å². The summed E-state index contributed by atoms with van der Waals surface area (Å²) >= 11 is 0. The van der Waals surface area contributed by atoms with Crippen LogP contribution in [0.15, 0.2) is 134 Å². The predicted molar refractivity (Wildman–Crippen MR) is 161 cm³/mol. The van der Waals surface area contributed by atoms with E-state index in [1.807, 2.05) is 36.9 Å². The molecule has 0 amide bonds. The van der Waals surface area contributed by atoms with Crippen molar-refractivity contribution in [2.24, 2.45) is 0 Å². The molecule has 6 aromatic rings. The van der Waals surface area contributed by atoms with Gasteiger partial charge in [0, 0.05) is 41.3 Å². The fourth-order valence-electron chi connectivity index (χ4n) is 5.92. The van der Waals surface area contributed by atoms with Crippen molar-refractivity contribution in [2.45, 2.75) is 19.3 Å². The Kier molecular flexibility index (Phi) is 5.49. The molecule has 0 unspecified atom stereocenters. The van der Waals surface area contributed by atoms with Gasteiger partial charge < -0.3 is 0 Å². The van der Waals surface area contributed by atoms with Crippen LogP contribution in [-0.4, -0.2) is 9.97 Å². The molecule has 0 radical (unpaired) electrons. The third kappa shape index (κ3) is 4.06. The highest BCUT2D eigenvalue weighted by Crippen LogP contribution is 2.50. The van der Waals surface area contributed by atoms with E-state index in [1.165, 1.54) is 55.6 Å². The Morgan fingerprint density at radius 2 is 0.795 bits per heavy atom. The largest absolute Gasteiger partial charge is 0.264 e. The normalized spacial score (nSPS) is 13.1. The highest BCUT2D eigenvalue weighted by atomic mass is 14.6. The van der Waals surface area contributed by atoms with Gasteiger partial charge in [0.05, 0.1) is 0 Å². The van der Waals surface area contributed by atoms with E-state index in [9.17, 15) is 0 Å². The second kappa shape index (κ2) is 9.18. The molecule has 186 valence electrons. The second-order valence-corrected chi connectivity index (χ2v) is 10.8. The fourth-order valence-corrected chi connectivity index (χ4v) is 5.92. The van der Waals surface area contributed by atoms with Gasteiger partial charge in [-0.2, -0.15) is 0 Å². The first kappa shape index (κ1) is 23.3. The van der Waals surface area contributed by atoms with Crippen LogP contribution in [-0.2, 0) is 5.41 Å². The average Bonchev–Trinajstić information content (AvgIpc) is 3.23. The molecule has 4 aromatic carbocycles. The zero-order valence-corrected chi connectivity index (χ0v) is 22.1. The Balaban J connectivity index is 1.26. The van der Waals surface area contributed by atoms with Crippen molar-refractivity contribution < 1.29 is 0 Å². The summed E-state index contributed by atoms with van der Waals surface area (Å²) in [6.07, 6.45) is 7.48. The van der Waals surface area contributed by atoms with Crippen LogP contribution < -0.4 is 0 Å². The third-order valence-electron chi connectivity index (χ3n) is 8.06. The van der Waals surface area contributed by atoms with Gasteiger partial charge in [-0.25, -0.2) is 0 Å². The number of hydrogen-bond acceptors (Lipinski definition) is 2. The minimum Gasteiger partial charge on any atom is -0.264 e. The number of rotatable bonds is 4. The maximum atomic E-state index is 4.30. The zero-order valence-electron chi connectivity index (χ0n) is 22.1. The molecule has 0 bridgehead atoms. The monoisotopic (exact) mass is 500 g/mol. The van der Waals surface area contributed by atoms with Crippen molar-refractivity contribution in [3.8, 4) is 55.6 Å². The van der Waals surface area contributed by atoms with Gasteiger partial charge in [0.2, 0.25) is 0 Å². The van der Waals surface area contributed by atoms with Gasteiger partial charge in [-0.1, -0.05) is 86.6 Å². The lowest BCUT2D eigenvalue weighted by atomic mass is 9.80. The number of pyridine rings is 2. The predicted octanol–water partition coefficient (Wildman–Crippen LogP) is 9.45. The van der Waals surface area contributed by atoms with Crippen molar-refractivity contribution in [1.82, 2.24) is 9.97 Å². The quantitative estimate of drug-likeness (QED) is 0.241. The smallest absolute Gasteiger partial charge is 0.0346 e. The van der Waals surface area contributed by atoms with Gasteiger partial charge in [-0.3, -0.25) is 9.97 Å². The van der Waals surface area contributed by atoms with Crippen LogP contribution >= 0.6 is 0 Å². The molecule has 2 heteroatoms. The van der Waals surface area contributed by atoms with Crippen LogP contribution in [0.5, 0.6) is 0 Å². The lowest BCUT2D eigenvalue weighted by molar-refractivity contribution is 0.661. The minimum absolute atomic E-state index is 0.0986. The Morgan fingerprint density at radius 3 is 1.21 bits per heavy atom. The summed E-state index contributed by atoms with van der Waals surface area (Å²) in [6.45, 7) is 4.70. The fraction of sp³-hybridized carbons (Fsp3) is 0.0811. The van der Waals surface area contributed by atoms with E-state index in [4.69, 9.17) is 0 Å². The van der Waals surface area contributed by atoms with E-state index in [1.54, 1.807) is 0 Å². The van der Waals surface area contributed by atoms with Gasteiger partial charge in [-0.05, 0) is 92.0 Å². The first-order valence-electron chi connectivity index (χ1n) is 13.4. The zero-order chi connectivity index (χ0) is 26.4. The Morgan fingerprint density at radius 1 is 0.410 bits per heavy atom. The van der Waals surface area contributed by atoms with Crippen molar-refractivity contribution in [3.63, 3.8) is 0 Å². The molecular weight excluding hydrogens is 472 g/mol. The number of aromatic nitrogens is 2. The molecular formula is C37H28N2. The maximum Gasteiger partial charge on any atom is 0.0346 e. The Labute approximate surface area is 229 Å². The van der Waals surface area contributed by atoms with Gasteiger partial charge >= 0.3 is 0 Å². The summed E-state index contributed by atoms with van der Waals surface area (Å²) in [5.41, 5.74) is 14.9. The molecule has 0 saturated heterocycles. The first-order chi connectivity index (χ1) is 19.1. The highest BCUT2D eigenvalue weighted by molar-refractivity contribution is 5.86. The molecule has 2 nitrogen and oxygen atoms in total. The minimum atomic E-state index is -0.0986. The van der Waals surface area contributed by atoms with E-state index in [-0.39, 0.29) is 5.41 Å². The molecule has 7 rings (SSSR count). The number of nitrogens with zero attached hydrogens (tertiary/aromatic N) is 2. The molecule has 2 aromatic heterocycles. The lowest BCUT2D eigenvalue weighted by Crippen LogP contribution is -2.15. The summed E-state index contributed by atoms with van der Waals surface area (Å²) in [6, 6.07) is 39.6. The van der Waals surface area contributed by atoms with Crippen molar-refractivity contribution in [3.05, 3.63) is 145 Å². The standard InChI is InChI=1S/C37H28N2/c1-37(2)35-21-29(25-7-3-9-27(19-25)31-11-5-17-38-23-31)13-15-33(35)34-16-14-30(22-36(34)37)26-8-4-10-28(20-26)32-12-6-18-39-24-32/h3-24H,1-2H3. The number of hydrogen-bond donors (Lipinski definition) is 0. The molecule has 2 heterocycles. The van der Waals surface area contributed by atoms with Crippen molar-refractivity contribution in [1.29, 1.82) is 0 Å². The Bertz CT molecular complexity index is 1680. The number of fused-ring (bicyclic) bond motifs is 3. The Hall–Kier alpha value is -4.82. The van der Waals surface area contributed by atoms with Crippen LogP contribution in [0.1, 0.15) is 25.0 Å². The van der Waals surface area contributed by atoms with Crippen molar-refractivity contribution >= 4 is 0 Å². The van der Waals surface area contributed by atoms with Crippen LogP contribution in [0.2, 0.25) is 0 Å². The van der Waals surface area contributed by atoms with Crippen LogP contribution in [0.4, 0.5) is 0 Å². The molecule has 0 atom stereocenters. The van der Waals surface area contributed by atoms with E-state index >= 15 is 0 Å². The lowest BCUT2D eigenvalue weighted by Gasteiger charge is -2.23. The van der Waals surface area contributed by atoms with Crippen LogP contribution in [0.3, 0.4) is 0 Å². The van der Waals surface area contributed by atoms with E-state index < -0.39 is 0 Å². The summed E-state index contributed by atoms with van der Waals surface area (Å²) in [5.74, 6) is 0. The molecule has 0 N–H and O–H groups in total. The molecule has 0 spiro atoms. The average molecular weight is 501 g/mol. The molecule has 1 aliphatic rings. The van der Waals surface area contributed by atoms with Gasteiger partial charge in [0.15, 0.2) is 0 Å². The molecule has 0 fully saturated rings. The molecule has 0 saturated carbocycles. The topological polar surface area (TPSA) is 25.8 Å². The summed E-state index contributed by atoms with van der Waals surface area (Å²) in [7, 11) is 0. The molecule has 1 aliphatic carbocycles. The molecule has 0 aliphatic heterocycles. The van der Waals surface area contributed by atoms with E-state index in [0.717, 1.165) is 11.1 Å². The van der Waals surface area contributed by atoms with Crippen LogP contribution in [0.25, 0.3) is 55.6 Å². The summed E-state index contributed by atoms with van der Waals surface area (Å²) in [4.78, 5) is 8.60. The maximum absolute atomic E-state index is 4.30. The van der Waals surface area contributed by atoms with Crippen LogP contribution in [0, 0.1) is 0 Å².